The summed E-state index contributed by atoms with van der Waals surface area (Å²) in [6.07, 6.45) is 0. The van der Waals surface area contributed by atoms with Gasteiger partial charge in [0.05, 0.1) is 5.56 Å². The molecule has 2 N–H and O–H groups in total. The van der Waals surface area contributed by atoms with Crippen molar-refractivity contribution >= 4 is 28.6 Å². The molecule has 0 aliphatic carbocycles. The molecule has 0 unspecified atom stereocenters. The Hall–Kier alpha value is -1.94. The molecule has 2 rings (SSSR count). The largest absolute Gasteiger partial charge is 0.322 e. The van der Waals surface area contributed by atoms with Crippen molar-refractivity contribution in [1.29, 1.82) is 5.41 Å². The molecule has 17 heavy (non-hydrogen) atoms. The minimum absolute atomic E-state index is 0.106. The van der Waals surface area contributed by atoms with Gasteiger partial charge in [-0.1, -0.05) is 12.1 Å². The minimum Gasteiger partial charge on any atom is -0.322 e. The summed E-state index contributed by atoms with van der Waals surface area (Å²) in [5.41, 5.74) is 2.78. The van der Waals surface area contributed by atoms with Crippen LogP contribution in [0.15, 0.2) is 41.1 Å². The molecule has 0 bridgehead atoms. The lowest BCUT2D eigenvalue weighted by atomic mass is 10.1. The monoisotopic (exact) mass is 244 g/mol. The molecule has 4 heteroatoms. The molecule has 0 radical (unpaired) electrons. The predicted octanol–water partition coefficient (Wildman–Crippen LogP) is 3.39. The summed E-state index contributed by atoms with van der Waals surface area (Å²) >= 11 is 1.50. The van der Waals surface area contributed by atoms with Crippen LogP contribution in [0.25, 0.3) is 0 Å². The number of amides is 1. The van der Waals surface area contributed by atoms with Crippen LogP contribution in [-0.2, 0) is 0 Å². The number of carbonyl (C=O) groups is 1. The maximum Gasteiger partial charge on any atom is 0.256 e. The van der Waals surface area contributed by atoms with E-state index in [0.717, 1.165) is 11.3 Å². The van der Waals surface area contributed by atoms with Crippen molar-refractivity contribution in [2.45, 2.75) is 6.92 Å². The molecule has 2 aromatic rings. The highest BCUT2D eigenvalue weighted by Crippen LogP contribution is 2.13. The highest BCUT2D eigenvalue weighted by molar-refractivity contribution is 7.08. The second-order valence-electron chi connectivity index (χ2n) is 3.67. The molecule has 0 aliphatic heterocycles. The zero-order valence-electron chi connectivity index (χ0n) is 9.36. The Labute approximate surface area is 104 Å². The summed E-state index contributed by atoms with van der Waals surface area (Å²) < 4.78 is 0. The van der Waals surface area contributed by atoms with Gasteiger partial charge in [0.2, 0.25) is 0 Å². The zero-order valence-corrected chi connectivity index (χ0v) is 10.2. The molecule has 0 saturated heterocycles. The molecule has 1 heterocycles. The fraction of sp³-hybridized carbons (Fsp3) is 0.0769. The molecule has 3 nitrogen and oxygen atoms in total. The van der Waals surface area contributed by atoms with Gasteiger partial charge in [0.15, 0.2) is 0 Å². The number of rotatable bonds is 3. The van der Waals surface area contributed by atoms with Crippen LogP contribution in [0, 0.1) is 5.41 Å². The van der Waals surface area contributed by atoms with Crippen molar-refractivity contribution in [3.63, 3.8) is 0 Å². The van der Waals surface area contributed by atoms with Gasteiger partial charge in [0.1, 0.15) is 0 Å². The lowest BCUT2D eigenvalue weighted by Gasteiger charge is -2.04. The van der Waals surface area contributed by atoms with Crippen LogP contribution < -0.4 is 5.32 Å². The first-order chi connectivity index (χ1) is 8.16. The third-order valence-electron chi connectivity index (χ3n) is 2.36. The molecule has 0 atom stereocenters. The second-order valence-corrected chi connectivity index (χ2v) is 4.45. The summed E-state index contributed by atoms with van der Waals surface area (Å²) in [6.45, 7) is 1.74. The SMILES string of the molecule is CC(=N)c1ccc(NC(=O)c2ccsc2)cc1. The average Bonchev–Trinajstić information content (AvgIpc) is 2.83. The Morgan fingerprint density at radius 2 is 1.88 bits per heavy atom. The van der Waals surface area contributed by atoms with Crippen molar-refractivity contribution in [3.05, 3.63) is 52.2 Å². The lowest BCUT2D eigenvalue weighted by Crippen LogP contribution is -2.10. The summed E-state index contributed by atoms with van der Waals surface area (Å²) in [4.78, 5) is 11.7. The molecule has 0 aliphatic rings. The van der Waals surface area contributed by atoms with Gasteiger partial charge in [-0.3, -0.25) is 4.79 Å². The van der Waals surface area contributed by atoms with Gasteiger partial charge in [-0.2, -0.15) is 11.3 Å². The van der Waals surface area contributed by atoms with Crippen molar-refractivity contribution in [1.82, 2.24) is 0 Å². The number of hydrogen-bond acceptors (Lipinski definition) is 3. The van der Waals surface area contributed by atoms with E-state index in [1.165, 1.54) is 11.3 Å². The molecule has 1 amide bonds. The fourth-order valence-corrected chi connectivity index (χ4v) is 2.04. The Bertz CT molecular complexity index is 529. The van der Waals surface area contributed by atoms with E-state index >= 15 is 0 Å². The summed E-state index contributed by atoms with van der Waals surface area (Å²) in [7, 11) is 0. The summed E-state index contributed by atoms with van der Waals surface area (Å²) in [6, 6.07) is 9.04. The van der Waals surface area contributed by atoms with E-state index in [-0.39, 0.29) is 5.91 Å². The van der Waals surface area contributed by atoms with E-state index < -0.39 is 0 Å². The fourth-order valence-electron chi connectivity index (χ4n) is 1.40. The topological polar surface area (TPSA) is 53.0 Å². The highest BCUT2D eigenvalue weighted by Gasteiger charge is 2.05. The van der Waals surface area contributed by atoms with Crippen molar-refractivity contribution in [2.24, 2.45) is 0 Å². The number of hydrogen-bond donors (Lipinski definition) is 2. The normalized spacial score (nSPS) is 9.94. The smallest absolute Gasteiger partial charge is 0.256 e. The van der Waals surface area contributed by atoms with Gasteiger partial charge < -0.3 is 10.7 Å². The van der Waals surface area contributed by atoms with E-state index in [2.05, 4.69) is 5.32 Å². The Morgan fingerprint density at radius 1 is 1.18 bits per heavy atom. The van der Waals surface area contributed by atoms with Crippen molar-refractivity contribution < 1.29 is 4.79 Å². The third-order valence-corrected chi connectivity index (χ3v) is 3.04. The van der Waals surface area contributed by atoms with Crippen LogP contribution in [0.3, 0.4) is 0 Å². The van der Waals surface area contributed by atoms with Crippen LogP contribution >= 0.6 is 11.3 Å². The van der Waals surface area contributed by atoms with Crippen LogP contribution in [-0.4, -0.2) is 11.6 Å². The highest BCUT2D eigenvalue weighted by atomic mass is 32.1. The quantitative estimate of drug-likeness (QED) is 0.799. The van der Waals surface area contributed by atoms with Crippen LogP contribution in [0.4, 0.5) is 5.69 Å². The summed E-state index contributed by atoms with van der Waals surface area (Å²) in [5.74, 6) is -0.106. The van der Waals surface area contributed by atoms with Crippen molar-refractivity contribution in [2.75, 3.05) is 5.32 Å². The predicted molar refractivity (Wildman–Crippen MR) is 71.2 cm³/mol. The van der Waals surface area contributed by atoms with Crippen molar-refractivity contribution in [3.8, 4) is 0 Å². The van der Waals surface area contributed by atoms with Crippen LogP contribution in [0.5, 0.6) is 0 Å². The second kappa shape index (κ2) is 4.93. The molecule has 0 fully saturated rings. The Balaban J connectivity index is 2.09. The number of thiophene rings is 1. The number of anilines is 1. The first-order valence-corrected chi connectivity index (χ1v) is 6.10. The number of benzene rings is 1. The Kier molecular flexibility index (Phi) is 3.35. The first kappa shape index (κ1) is 11.5. The standard InChI is InChI=1S/C13H12N2OS/c1-9(14)10-2-4-12(5-3-10)15-13(16)11-6-7-17-8-11/h2-8,14H,1H3,(H,15,16). The van der Waals surface area contributed by atoms with Gasteiger partial charge in [0.25, 0.3) is 5.91 Å². The van der Waals surface area contributed by atoms with Gasteiger partial charge in [-0.15, -0.1) is 0 Å². The molecule has 1 aromatic carbocycles. The van der Waals surface area contributed by atoms with E-state index in [9.17, 15) is 4.79 Å². The van der Waals surface area contributed by atoms with E-state index in [0.29, 0.717) is 11.3 Å². The van der Waals surface area contributed by atoms with E-state index in [4.69, 9.17) is 5.41 Å². The molecule has 0 saturated carbocycles. The van der Waals surface area contributed by atoms with E-state index in [1.54, 1.807) is 25.1 Å². The average molecular weight is 244 g/mol. The first-order valence-electron chi connectivity index (χ1n) is 5.16. The summed E-state index contributed by atoms with van der Waals surface area (Å²) in [5, 5.41) is 14.0. The van der Waals surface area contributed by atoms with Gasteiger partial charge in [0, 0.05) is 16.8 Å². The maximum absolute atomic E-state index is 11.7. The number of carbonyl (C=O) groups excluding carboxylic acids is 1. The molecular weight excluding hydrogens is 232 g/mol. The molecule has 0 spiro atoms. The van der Waals surface area contributed by atoms with Gasteiger partial charge in [-0.25, -0.2) is 0 Å². The minimum atomic E-state index is -0.106. The van der Waals surface area contributed by atoms with E-state index in [1.807, 2.05) is 22.9 Å². The van der Waals surface area contributed by atoms with Crippen LogP contribution in [0.1, 0.15) is 22.8 Å². The maximum atomic E-state index is 11.7. The Morgan fingerprint density at radius 3 is 2.41 bits per heavy atom. The zero-order chi connectivity index (χ0) is 12.3. The van der Waals surface area contributed by atoms with Crippen LogP contribution in [0.2, 0.25) is 0 Å². The van der Waals surface area contributed by atoms with Gasteiger partial charge in [-0.05, 0) is 36.1 Å². The molecular formula is C13H12N2OS. The van der Waals surface area contributed by atoms with Gasteiger partial charge >= 0.3 is 0 Å². The lowest BCUT2D eigenvalue weighted by molar-refractivity contribution is 0.102. The molecule has 86 valence electrons. The third kappa shape index (κ3) is 2.79. The number of nitrogens with one attached hydrogen (secondary N) is 2. The molecule has 1 aromatic heterocycles.